The summed E-state index contributed by atoms with van der Waals surface area (Å²) in [7, 11) is 1.88. The number of piperidine rings is 1. The lowest BCUT2D eigenvalue weighted by Crippen LogP contribution is -2.55. The summed E-state index contributed by atoms with van der Waals surface area (Å²) in [5.41, 5.74) is 2.59. The Hall–Kier alpha value is -3.59. The third kappa shape index (κ3) is 3.39. The van der Waals surface area contributed by atoms with E-state index in [1.165, 1.54) is 0 Å². The number of rotatable bonds is 4. The van der Waals surface area contributed by atoms with Gasteiger partial charge >= 0.3 is 0 Å². The number of phenols is 1. The third-order valence-corrected chi connectivity index (χ3v) is 6.90. The molecule has 8 nitrogen and oxygen atoms in total. The Labute approximate surface area is 190 Å². The van der Waals surface area contributed by atoms with Gasteiger partial charge in [-0.15, -0.1) is 10.2 Å². The Kier molecular flexibility index (Phi) is 4.72. The van der Waals surface area contributed by atoms with E-state index >= 15 is 0 Å². The van der Waals surface area contributed by atoms with Crippen molar-refractivity contribution >= 4 is 11.5 Å². The van der Waals surface area contributed by atoms with Gasteiger partial charge in [0.2, 0.25) is 0 Å². The molecule has 0 aliphatic carbocycles. The van der Waals surface area contributed by atoms with E-state index in [2.05, 4.69) is 25.5 Å². The van der Waals surface area contributed by atoms with Crippen LogP contribution in [0.5, 0.6) is 5.75 Å². The van der Waals surface area contributed by atoms with Gasteiger partial charge in [-0.05, 0) is 43.5 Å². The highest BCUT2D eigenvalue weighted by Gasteiger charge is 2.43. The molecule has 2 saturated heterocycles. The molecule has 2 N–H and O–H groups in total. The maximum absolute atomic E-state index is 14.9. The largest absolute Gasteiger partial charge is 0.507 e. The number of hydrogen-bond donors (Lipinski definition) is 2. The fourth-order valence-corrected chi connectivity index (χ4v) is 5.09. The van der Waals surface area contributed by atoms with Gasteiger partial charge < -0.3 is 15.3 Å². The monoisotopic (exact) mass is 445 g/mol. The molecule has 0 spiro atoms. The second-order valence-electron chi connectivity index (χ2n) is 8.85. The Morgan fingerprint density at radius 3 is 2.85 bits per heavy atom. The summed E-state index contributed by atoms with van der Waals surface area (Å²) in [6.07, 6.45) is 6.89. The number of hydrogen-bond acceptors (Lipinski definition) is 7. The standard InChI is InChI=1S/C24H24FN7O/c1-31(19-11-15-6-8-17(28-15)23(19)25)22-13-26-18(12-27-22)16-7-5-14(10-20(16)33)24-30-29-21-4-2-3-9-32(21)24/h2-5,7,9-10,12-13,15,17,19,23,28,33H,6,8,11H2,1H3/t15-,17+,19-,23+/m0/s1. The number of pyridine rings is 1. The second-order valence-corrected chi connectivity index (χ2v) is 8.85. The highest BCUT2D eigenvalue weighted by Crippen LogP contribution is 2.34. The molecule has 4 atom stereocenters. The number of anilines is 1. The Bertz CT molecular complexity index is 1310. The van der Waals surface area contributed by atoms with Crippen LogP contribution in [0.3, 0.4) is 0 Å². The maximum atomic E-state index is 14.9. The number of halogens is 1. The molecular formula is C24H24FN7O. The molecule has 0 saturated carbocycles. The highest BCUT2D eigenvalue weighted by atomic mass is 19.1. The third-order valence-electron chi connectivity index (χ3n) is 6.90. The molecule has 6 rings (SSSR count). The molecule has 3 aromatic heterocycles. The summed E-state index contributed by atoms with van der Waals surface area (Å²) in [5.74, 6) is 1.35. The molecule has 0 unspecified atom stereocenters. The van der Waals surface area contributed by atoms with Gasteiger partial charge in [-0.1, -0.05) is 12.1 Å². The lowest BCUT2D eigenvalue weighted by Gasteiger charge is -2.38. The summed E-state index contributed by atoms with van der Waals surface area (Å²) in [4.78, 5) is 10.9. The van der Waals surface area contributed by atoms with E-state index in [4.69, 9.17) is 0 Å². The van der Waals surface area contributed by atoms with Gasteiger partial charge in [-0.25, -0.2) is 9.37 Å². The van der Waals surface area contributed by atoms with Crippen LogP contribution in [0.15, 0.2) is 55.0 Å². The van der Waals surface area contributed by atoms with Crippen LogP contribution >= 0.6 is 0 Å². The topological polar surface area (TPSA) is 91.5 Å². The van der Waals surface area contributed by atoms with Gasteiger partial charge in [0.05, 0.1) is 24.1 Å². The molecule has 2 aliphatic heterocycles. The minimum Gasteiger partial charge on any atom is -0.507 e. The van der Waals surface area contributed by atoms with Crippen molar-refractivity contribution in [3.63, 3.8) is 0 Å². The zero-order chi connectivity index (χ0) is 22.5. The predicted octanol–water partition coefficient (Wildman–Crippen LogP) is 3.23. The smallest absolute Gasteiger partial charge is 0.168 e. The lowest BCUT2D eigenvalue weighted by molar-refractivity contribution is 0.176. The molecule has 0 amide bonds. The van der Waals surface area contributed by atoms with Crippen LogP contribution in [-0.2, 0) is 0 Å². The number of aromatic nitrogens is 5. The van der Waals surface area contributed by atoms with E-state index in [9.17, 15) is 9.50 Å². The number of alkyl halides is 1. The van der Waals surface area contributed by atoms with Gasteiger partial charge in [0, 0.05) is 36.5 Å². The first-order valence-corrected chi connectivity index (χ1v) is 11.2. The molecule has 4 aromatic rings. The van der Waals surface area contributed by atoms with Crippen LogP contribution in [-0.4, -0.2) is 61.0 Å². The minimum absolute atomic E-state index is 0.0682. The average Bonchev–Trinajstić information content (AvgIpc) is 3.46. The van der Waals surface area contributed by atoms with E-state index in [1.807, 2.05) is 46.8 Å². The molecule has 0 radical (unpaired) electrons. The molecule has 33 heavy (non-hydrogen) atoms. The van der Waals surface area contributed by atoms with Crippen LogP contribution in [0.4, 0.5) is 10.2 Å². The van der Waals surface area contributed by atoms with E-state index in [-0.39, 0.29) is 17.8 Å². The predicted molar refractivity (Wildman–Crippen MR) is 123 cm³/mol. The number of nitrogens with one attached hydrogen (secondary N) is 1. The Morgan fingerprint density at radius 2 is 2.03 bits per heavy atom. The minimum atomic E-state index is -0.931. The molecule has 2 bridgehead atoms. The van der Waals surface area contributed by atoms with Crippen molar-refractivity contribution in [3.05, 3.63) is 55.0 Å². The SMILES string of the molecule is CN(c1cnc(-c2ccc(-c3nnc4ccccn34)cc2O)cn1)[C@H]1C[C@@H]2CC[C@@H](N2)[C@H]1F. The number of phenolic OH excluding ortho intramolecular Hbond substituents is 1. The molecule has 2 fully saturated rings. The van der Waals surface area contributed by atoms with Crippen molar-refractivity contribution in [3.8, 4) is 28.4 Å². The Morgan fingerprint density at radius 1 is 1.12 bits per heavy atom. The van der Waals surface area contributed by atoms with Crippen molar-refractivity contribution in [1.82, 2.24) is 29.9 Å². The van der Waals surface area contributed by atoms with Crippen molar-refractivity contribution in [2.45, 2.75) is 43.6 Å². The van der Waals surface area contributed by atoms with Crippen molar-refractivity contribution < 1.29 is 9.50 Å². The Balaban J connectivity index is 1.25. The van der Waals surface area contributed by atoms with E-state index in [0.717, 1.165) is 30.5 Å². The first-order chi connectivity index (χ1) is 16.1. The normalized spacial score (nSPS) is 24.3. The van der Waals surface area contributed by atoms with Crippen LogP contribution in [0.1, 0.15) is 19.3 Å². The average molecular weight is 446 g/mol. The quantitative estimate of drug-likeness (QED) is 0.498. The second kappa shape index (κ2) is 7.77. The molecule has 1 aromatic carbocycles. The van der Waals surface area contributed by atoms with Crippen LogP contribution in [0.2, 0.25) is 0 Å². The molecular weight excluding hydrogens is 421 g/mol. The van der Waals surface area contributed by atoms with Crippen LogP contribution in [0, 0.1) is 0 Å². The number of benzene rings is 1. The van der Waals surface area contributed by atoms with Crippen molar-refractivity contribution in [1.29, 1.82) is 0 Å². The van der Waals surface area contributed by atoms with Gasteiger partial charge in [-0.2, -0.15) is 0 Å². The van der Waals surface area contributed by atoms with E-state index in [0.29, 0.717) is 28.9 Å². The highest BCUT2D eigenvalue weighted by molar-refractivity contribution is 5.72. The van der Waals surface area contributed by atoms with Gasteiger partial charge in [0.25, 0.3) is 0 Å². The fourth-order valence-electron chi connectivity index (χ4n) is 5.09. The lowest BCUT2D eigenvalue weighted by atomic mass is 9.96. The van der Waals surface area contributed by atoms with E-state index in [1.54, 1.807) is 24.5 Å². The number of nitrogens with zero attached hydrogens (tertiary/aromatic N) is 6. The zero-order valence-corrected chi connectivity index (χ0v) is 18.1. The molecule has 168 valence electrons. The summed E-state index contributed by atoms with van der Waals surface area (Å²) in [6, 6.07) is 11.1. The van der Waals surface area contributed by atoms with E-state index < -0.39 is 6.17 Å². The first-order valence-electron chi connectivity index (χ1n) is 11.2. The maximum Gasteiger partial charge on any atom is 0.168 e. The van der Waals surface area contributed by atoms with Crippen LogP contribution < -0.4 is 10.2 Å². The van der Waals surface area contributed by atoms with Gasteiger partial charge in [0.1, 0.15) is 17.7 Å². The van der Waals surface area contributed by atoms with Crippen molar-refractivity contribution in [2.24, 2.45) is 0 Å². The molecule has 9 heteroatoms. The molecule has 5 heterocycles. The summed E-state index contributed by atoms with van der Waals surface area (Å²) >= 11 is 0. The zero-order valence-electron chi connectivity index (χ0n) is 18.1. The van der Waals surface area contributed by atoms with Crippen LogP contribution in [0.25, 0.3) is 28.3 Å². The summed E-state index contributed by atoms with van der Waals surface area (Å²) < 4.78 is 16.8. The summed E-state index contributed by atoms with van der Waals surface area (Å²) in [6.45, 7) is 0. The summed E-state index contributed by atoms with van der Waals surface area (Å²) in [5, 5.41) is 22.5. The fraction of sp³-hybridized carbons (Fsp3) is 0.333. The number of fused-ring (bicyclic) bond motifs is 3. The molecule has 2 aliphatic rings. The van der Waals surface area contributed by atoms with Crippen molar-refractivity contribution in [2.75, 3.05) is 11.9 Å². The first kappa shape index (κ1) is 20.0. The van der Waals surface area contributed by atoms with Gasteiger partial charge in [0.15, 0.2) is 11.5 Å². The van der Waals surface area contributed by atoms with Gasteiger partial charge in [-0.3, -0.25) is 9.38 Å². The number of aromatic hydroxyl groups is 1.